The van der Waals surface area contributed by atoms with E-state index < -0.39 is 7.92 Å². The van der Waals surface area contributed by atoms with Crippen LogP contribution >= 0.6 is 17.5 Å². The van der Waals surface area contributed by atoms with Crippen LogP contribution in [0, 0.1) is 6.07 Å². The Morgan fingerprint density at radius 2 is 1.18 bits per heavy atom. The first-order chi connectivity index (χ1) is 23.8. The number of nitrogen functional groups attached to an aromatic ring is 1. The molecule has 0 aromatic heterocycles. The number of hydrogen-bond donors (Lipinski definition) is 1. The molecule has 2 fully saturated rings. The summed E-state index contributed by atoms with van der Waals surface area (Å²) in [5.74, 6) is 1.69. The van der Waals surface area contributed by atoms with Crippen molar-refractivity contribution in [2.24, 2.45) is 0 Å². The fourth-order valence-electron chi connectivity index (χ4n) is 8.14. The second-order valence-corrected chi connectivity index (χ2v) is 18.2. The van der Waals surface area contributed by atoms with E-state index in [0.29, 0.717) is 17.8 Å². The zero-order valence-electron chi connectivity index (χ0n) is 30.8. The van der Waals surface area contributed by atoms with Crippen molar-refractivity contribution in [1.82, 2.24) is 0 Å². The van der Waals surface area contributed by atoms with Crippen molar-refractivity contribution in [1.29, 1.82) is 0 Å². The van der Waals surface area contributed by atoms with Gasteiger partial charge in [0, 0.05) is 13.5 Å². The van der Waals surface area contributed by atoms with Gasteiger partial charge in [-0.05, 0) is 109 Å². The van der Waals surface area contributed by atoms with E-state index in [-0.39, 0.29) is 0 Å². The van der Waals surface area contributed by atoms with Crippen LogP contribution in [-0.4, -0.2) is 11.3 Å². The Morgan fingerprint density at radius 1 is 0.633 bits per heavy atom. The molecular formula is C45H60ClNPPd+. The first-order valence-corrected chi connectivity index (χ1v) is 22.5. The van der Waals surface area contributed by atoms with Crippen molar-refractivity contribution >= 4 is 28.4 Å². The predicted molar refractivity (Wildman–Crippen MR) is 217 cm³/mol. The van der Waals surface area contributed by atoms with Gasteiger partial charge in [-0.1, -0.05) is 108 Å². The van der Waals surface area contributed by atoms with Crippen molar-refractivity contribution in [2.75, 3.05) is 5.73 Å². The molecule has 266 valence electrons. The third kappa shape index (κ3) is 10.6. The van der Waals surface area contributed by atoms with E-state index >= 15 is 0 Å². The van der Waals surface area contributed by atoms with Crippen LogP contribution < -0.4 is 11.0 Å². The van der Waals surface area contributed by atoms with Gasteiger partial charge in [-0.2, -0.15) is 0 Å². The first-order valence-electron chi connectivity index (χ1n) is 18.8. The van der Waals surface area contributed by atoms with E-state index in [0.717, 1.165) is 28.1 Å². The van der Waals surface area contributed by atoms with E-state index in [1.165, 1.54) is 64.2 Å². The first kappa shape index (κ1) is 39.8. The maximum atomic E-state index is 5.83. The summed E-state index contributed by atoms with van der Waals surface area (Å²) in [6, 6.07) is 33.7. The molecular weight excluding hydrogens is 727 g/mol. The molecule has 0 unspecified atom stereocenters. The standard InChI is InChI=1S/C33H49P.C12H10N.ClH.Pd/c1-23(2)26-20-21-31(33-29(24(3)4)18-13-19-30(33)25(5)6)32(22-26)34(27-14-9-7-10-15-27)28-16-11-8-12-17-28;13-12-9-5-4-8-11(12)10-6-2-1-3-7-10;;/h13,18-25,27-28H,7-12,14-17H2,1-6H3;1-6,8-9H,13H2;1H;/q;-1;;+2. The fourth-order valence-corrected chi connectivity index (χ4v) is 12.6. The van der Waals surface area contributed by atoms with Crippen LogP contribution in [-0.2, 0) is 18.2 Å². The average molecular weight is 788 g/mol. The minimum atomic E-state index is -0.639. The summed E-state index contributed by atoms with van der Waals surface area (Å²) >= 11 is 2.22. The molecule has 2 saturated carbocycles. The summed E-state index contributed by atoms with van der Waals surface area (Å²) < 4.78 is 0. The van der Waals surface area contributed by atoms with Gasteiger partial charge < -0.3 is 5.73 Å². The van der Waals surface area contributed by atoms with Crippen molar-refractivity contribution in [3.8, 4) is 22.3 Å². The van der Waals surface area contributed by atoms with Crippen LogP contribution in [0.3, 0.4) is 0 Å². The summed E-state index contributed by atoms with van der Waals surface area (Å²) in [6.07, 6.45) is 14.7. The molecule has 0 spiro atoms. The van der Waals surface area contributed by atoms with E-state index in [9.17, 15) is 0 Å². The van der Waals surface area contributed by atoms with Gasteiger partial charge in [0.05, 0.1) is 11.3 Å². The molecule has 0 saturated heterocycles. The van der Waals surface area contributed by atoms with Crippen LogP contribution in [0.15, 0.2) is 84.9 Å². The van der Waals surface area contributed by atoms with Gasteiger partial charge in [0.15, 0.2) is 0 Å². The second-order valence-electron chi connectivity index (χ2n) is 15.1. The van der Waals surface area contributed by atoms with Crippen molar-refractivity contribution < 1.29 is 18.2 Å². The quantitative estimate of drug-likeness (QED) is 0.0818. The van der Waals surface area contributed by atoms with Crippen LogP contribution in [0.25, 0.3) is 22.3 Å². The number of para-hydroxylation sites is 1. The Bertz CT molecular complexity index is 1510. The minimum absolute atomic E-state index is 0.548. The number of hydrogen-bond acceptors (Lipinski definition) is 1. The molecule has 0 heterocycles. The SMILES string of the molecule is CC(C)c1ccc(-c2c(C(C)C)cccc2C(C)C)c([PH+](C2CCCCC2)C2CCCCC2)c1.Nc1ccccc1-c1[c-]cccc1.[Cl][Pd+]. The molecule has 4 aromatic carbocycles. The van der Waals surface area contributed by atoms with Gasteiger partial charge in [0.1, 0.15) is 5.30 Å². The third-order valence-electron chi connectivity index (χ3n) is 10.7. The van der Waals surface area contributed by atoms with Crippen molar-refractivity contribution in [2.45, 2.75) is 135 Å². The molecule has 0 atom stereocenters. The summed E-state index contributed by atoms with van der Waals surface area (Å²) in [7, 11) is 3.85. The number of benzene rings is 4. The molecule has 0 radical (unpaired) electrons. The number of halogens is 1. The summed E-state index contributed by atoms with van der Waals surface area (Å²) in [4.78, 5) is 0. The normalized spacial score (nSPS) is 15.6. The zero-order chi connectivity index (χ0) is 35.3. The van der Waals surface area contributed by atoms with Crippen LogP contribution in [0.2, 0.25) is 0 Å². The van der Waals surface area contributed by atoms with E-state index in [1.807, 2.05) is 53.8 Å². The Morgan fingerprint density at radius 3 is 1.67 bits per heavy atom. The number of anilines is 1. The Kier molecular flexibility index (Phi) is 16.4. The molecule has 0 aliphatic heterocycles. The van der Waals surface area contributed by atoms with Crippen LogP contribution in [0.1, 0.15) is 140 Å². The molecule has 4 aromatic rings. The van der Waals surface area contributed by atoms with Gasteiger partial charge in [-0.25, -0.2) is 0 Å². The van der Waals surface area contributed by atoms with Gasteiger partial charge in [0.25, 0.3) is 0 Å². The van der Waals surface area contributed by atoms with Gasteiger partial charge in [0.2, 0.25) is 0 Å². The van der Waals surface area contributed by atoms with E-state index in [2.05, 4.69) is 112 Å². The molecule has 0 amide bonds. The topological polar surface area (TPSA) is 26.0 Å². The van der Waals surface area contributed by atoms with Gasteiger partial charge >= 0.3 is 27.7 Å². The van der Waals surface area contributed by atoms with E-state index in [1.54, 1.807) is 27.8 Å². The summed E-state index contributed by atoms with van der Waals surface area (Å²) in [6.45, 7) is 14.3. The van der Waals surface area contributed by atoms with Gasteiger partial charge in [-0.15, -0.1) is 35.9 Å². The Labute approximate surface area is 315 Å². The van der Waals surface area contributed by atoms with Crippen molar-refractivity contribution in [3.63, 3.8) is 0 Å². The molecule has 0 bridgehead atoms. The van der Waals surface area contributed by atoms with Crippen molar-refractivity contribution in [3.05, 3.63) is 108 Å². The predicted octanol–water partition coefficient (Wildman–Crippen LogP) is 13.7. The van der Waals surface area contributed by atoms with E-state index in [4.69, 9.17) is 5.73 Å². The molecule has 1 nitrogen and oxygen atoms in total. The number of rotatable bonds is 8. The molecule has 49 heavy (non-hydrogen) atoms. The van der Waals surface area contributed by atoms with Crippen LogP contribution in [0.5, 0.6) is 0 Å². The zero-order valence-corrected chi connectivity index (χ0v) is 34.1. The molecule has 2 aliphatic rings. The molecule has 2 N–H and O–H groups in total. The third-order valence-corrected chi connectivity index (χ3v) is 14.7. The molecule has 2 aliphatic carbocycles. The average Bonchev–Trinajstić information content (AvgIpc) is 3.14. The second kappa shape index (κ2) is 20.2. The summed E-state index contributed by atoms with van der Waals surface area (Å²) in [5.41, 5.74) is 18.5. The number of nitrogens with two attached hydrogens (primary N) is 1. The monoisotopic (exact) mass is 786 g/mol. The van der Waals surface area contributed by atoms with Crippen LogP contribution in [0.4, 0.5) is 5.69 Å². The Balaban J connectivity index is 0.000000299. The summed E-state index contributed by atoms with van der Waals surface area (Å²) in [5, 5.41) is 1.81. The molecule has 4 heteroatoms. The van der Waals surface area contributed by atoms with Gasteiger partial charge in [-0.3, -0.25) is 0 Å². The molecule has 6 rings (SSSR count). The fraction of sp³-hybridized carbons (Fsp3) is 0.467. The maximum absolute atomic E-state index is 5.83. The Hall–Kier alpha value is -1.94.